The van der Waals surface area contributed by atoms with Crippen LogP contribution < -0.4 is 0 Å². The molecular weight excluding hydrogens is 178 g/mol. The maximum Gasteiger partial charge on any atom is 0.0222 e. The van der Waals surface area contributed by atoms with Gasteiger partial charge in [-0.15, -0.1) is 0 Å². The van der Waals surface area contributed by atoms with Gasteiger partial charge in [0.2, 0.25) is 0 Å². The van der Waals surface area contributed by atoms with Crippen LogP contribution in [0.25, 0.3) is 0 Å². The number of piperidine rings is 1. The average molecular weight is 201 g/mol. The molecule has 0 aliphatic carbocycles. The summed E-state index contributed by atoms with van der Waals surface area (Å²) < 4.78 is 2.96. The van der Waals surface area contributed by atoms with Crippen molar-refractivity contribution in [3.63, 3.8) is 0 Å². The second kappa shape index (κ2) is 4.22. The third kappa shape index (κ3) is 3.51. The Hall–Kier alpha value is 0.310. The monoisotopic (exact) mass is 201 g/mol. The lowest BCUT2D eigenvalue weighted by atomic mass is 10.0. The first-order chi connectivity index (χ1) is 5.90. The van der Waals surface area contributed by atoms with Crippen LogP contribution in [0.1, 0.15) is 53.9 Å². The summed E-state index contributed by atoms with van der Waals surface area (Å²) in [6.45, 7) is 11.6. The van der Waals surface area contributed by atoms with E-state index in [1.165, 1.54) is 19.3 Å². The summed E-state index contributed by atoms with van der Waals surface area (Å²) in [6.07, 6.45) is 4.14. The average Bonchev–Trinajstić information content (AvgIpc) is 1.95. The molecule has 0 aromatic heterocycles. The predicted octanol–water partition coefficient (Wildman–Crippen LogP) is 3.70. The second-order valence-electron chi connectivity index (χ2n) is 5.19. The topological polar surface area (TPSA) is 3.24 Å². The predicted molar refractivity (Wildman–Crippen MR) is 62.0 cm³/mol. The first kappa shape index (κ1) is 11.4. The van der Waals surface area contributed by atoms with Crippen molar-refractivity contribution < 1.29 is 0 Å². The van der Waals surface area contributed by atoms with Gasteiger partial charge in [-0.05, 0) is 47.5 Å². The highest BCUT2D eigenvalue weighted by Gasteiger charge is 2.28. The normalized spacial score (nSPS) is 32.1. The Morgan fingerprint density at radius 1 is 1.08 bits per heavy atom. The summed E-state index contributed by atoms with van der Waals surface area (Å²) in [4.78, 5) is 0. The summed E-state index contributed by atoms with van der Waals surface area (Å²) in [5, 5.41) is 0. The molecule has 1 aliphatic heterocycles. The van der Waals surface area contributed by atoms with E-state index < -0.39 is 0 Å². The molecule has 1 heterocycles. The third-order valence-electron chi connectivity index (χ3n) is 2.49. The standard InChI is InChI=1S/C11H23NS/c1-9-7-6-8-10(2)12(9)13-11(3,4)5/h9-10H,6-8H2,1-5H3. The molecule has 1 saturated heterocycles. The molecule has 0 spiro atoms. The molecule has 0 aromatic carbocycles. The number of hydrogen-bond acceptors (Lipinski definition) is 2. The van der Waals surface area contributed by atoms with Gasteiger partial charge in [-0.3, -0.25) is 0 Å². The Morgan fingerprint density at radius 2 is 1.54 bits per heavy atom. The van der Waals surface area contributed by atoms with Gasteiger partial charge in [0, 0.05) is 16.8 Å². The van der Waals surface area contributed by atoms with Gasteiger partial charge in [0.25, 0.3) is 0 Å². The van der Waals surface area contributed by atoms with Crippen molar-refractivity contribution in [2.75, 3.05) is 0 Å². The van der Waals surface area contributed by atoms with Crippen molar-refractivity contribution >= 4 is 11.9 Å². The van der Waals surface area contributed by atoms with Gasteiger partial charge >= 0.3 is 0 Å². The zero-order valence-electron chi connectivity index (χ0n) is 9.63. The summed E-state index contributed by atoms with van der Waals surface area (Å²) in [7, 11) is 0. The Morgan fingerprint density at radius 3 is 1.92 bits per heavy atom. The van der Waals surface area contributed by atoms with Crippen LogP contribution in [0.5, 0.6) is 0 Å². The van der Waals surface area contributed by atoms with E-state index in [0.717, 1.165) is 12.1 Å². The molecule has 2 unspecified atom stereocenters. The number of rotatable bonds is 1. The van der Waals surface area contributed by atoms with Crippen LogP contribution in [0.15, 0.2) is 0 Å². The summed E-state index contributed by atoms with van der Waals surface area (Å²) in [5.41, 5.74) is 0. The minimum atomic E-state index is 0.361. The summed E-state index contributed by atoms with van der Waals surface area (Å²) in [5.74, 6) is 0. The van der Waals surface area contributed by atoms with Gasteiger partial charge in [-0.25, -0.2) is 4.31 Å². The van der Waals surface area contributed by atoms with Crippen molar-refractivity contribution in [3.8, 4) is 0 Å². The van der Waals surface area contributed by atoms with Gasteiger partial charge in [0.1, 0.15) is 0 Å². The van der Waals surface area contributed by atoms with Crippen LogP contribution in [0, 0.1) is 0 Å². The van der Waals surface area contributed by atoms with E-state index in [2.05, 4.69) is 38.9 Å². The van der Waals surface area contributed by atoms with Crippen molar-refractivity contribution in [1.82, 2.24) is 4.31 Å². The smallest absolute Gasteiger partial charge is 0.0222 e. The van der Waals surface area contributed by atoms with E-state index in [4.69, 9.17) is 0 Å². The van der Waals surface area contributed by atoms with Crippen LogP contribution >= 0.6 is 11.9 Å². The second-order valence-corrected chi connectivity index (χ2v) is 7.02. The Kier molecular flexibility index (Phi) is 3.70. The van der Waals surface area contributed by atoms with E-state index in [-0.39, 0.29) is 0 Å². The van der Waals surface area contributed by atoms with Gasteiger partial charge in [0.15, 0.2) is 0 Å². The molecule has 2 atom stereocenters. The third-order valence-corrected chi connectivity index (χ3v) is 3.97. The van der Waals surface area contributed by atoms with Crippen molar-refractivity contribution in [1.29, 1.82) is 0 Å². The lowest BCUT2D eigenvalue weighted by molar-refractivity contribution is 0.221. The van der Waals surface area contributed by atoms with E-state index in [0.29, 0.717) is 4.75 Å². The zero-order valence-corrected chi connectivity index (χ0v) is 10.4. The van der Waals surface area contributed by atoms with E-state index in [9.17, 15) is 0 Å². The van der Waals surface area contributed by atoms with Gasteiger partial charge < -0.3 is 0 Å². The molecule has 78 valence electrons. The van der Waals surface area contributed by atoms with Gasteiger partial charge in [-0.2, -0.15) is 0 Å². The highest BCUT2D eigenvalue weighted by atomic mass is 32.2. The zero-order chi connectivity index (χ0) is 10.1. The van der Waals surface area contributed by atoms with Crippen molar-refractivity contribution in [3.05, 3.63) is 0 Å². The fourth-order valence-corrected chi connectivity index (χ4v) is 3.10. The summed E-state index contributed by atoms with van der Waals surface area (Å²) in [6, 6.07) is 1.51. The first-order valence-electron chi connectivity index (χ1n) is 5.37. The molecule has 0 amide bonds. The molecule has 0 bridgehead atoms. The molecular formula is C11H23NS. The fraction of sp³-hybridized carbons (Fsp3) is 1.00. The Bertz CT molecular complexity index is 152. The first-order valence-corrected chi connectivity index (χ1v) is 6.15. The van der Waals surface area contributed by atoms with Crippen LogP contribution in [0.4, 0.5) is 0 Å². The maximum atomic E-state index is 2.60. The van der Waals surface area contributed by atoms with Crippen LogP contribution in [0.3, 0.4) is 0 Å². The van der Waals surface area contributed by atoms with E-state index in [1.807, 2.05) is 11.9 Å². The molecule has 1 aliphatic rings. The molecule has 0 N–H and O–H groups in total. The highest BCUT2D eigenvalue weighted by Crippen LogP contribution is 2.36. The van der Waals surface area contributed by atoms with Gasteiger partial charge in [-0.1, -0.05) is 18.4 Å². The van der Waals surface area contributed by atoms with E-state index >= 15 is 0 Å². The quantitative estimate of drug-likeness (QED) is 0.595. The SMILES string of the molecule is CC1CCCC(C)N1SC(C)(C)C. The fourth-order valence-electron chi connectivity index (χ4n) is 1.89. The molecule has 13 heavy (non-hydrogen) atoms. The molecule has 1 nitrogen and oxygen atoms in total. The highest BCUT2D eigenvalue weighted by molar-refractivity contribution is 7.98. The van der Waals surface area contributed by atoms with Crippen molar-refractivity contribution in [2.45, 2.75) is 70.7 Å². The molecule has 1 rings (SSSR count). The molecule has 0 radical (unpaired) electrons. The minimum absolute atomic E-state index is 0.361. The lowest BCUT2D eigenvalue weighted by Gasteiger charge is -2.41. The van der Waals surface area contributed by atoms with Crippen LogP contribution in [-0.2, 0) is 0 Å². The Labute approximate surface area is 87.4 Å². The minimum Gasteiger partial charge on any atom is -0.245 e. The van der Waals surface area contributed by atoms with Crippen molar-refractivity contribution in [2.24, 2.45) is 0 Å². The van der Waals surface area contributed by atoms with Crippen LogP contribution in [-0.4, -0.2) is 21.1 Å². The lowest BCUT2D eigenvalue weighted by Crippen LogP contribution is -2.41. The maximum absolute atomic E-state index is 2.60. The number of hydrogen-bond donors (Lipinski definition) is 0. The molecule has 0 saturated carbocycles. The molecule has 2 heteroatoms. The molecule has 1 fully saturated rings. The Balaban J connectivity index is 2.54. The number of nitrogens with zero attached hydrogens (tertiary/aromatic N) is 1. The van der Waals surface area contributed by atoms with E-state index in [1.54, 1.807) is 0 Å². The van der Waals surface area contributed by atoms with Crippen LogP contribution in [0.2, 0.25) is 0 Å². The molecule has 0 aromatic rings. The summed E-state index contributed by atoms with van der Waals surface area (Å²) >= 11 is 2.03. The van der Waals surface area contributed by atoms with Gasteiger partial charge in [0.05, 0.1) is 0 Å². The largest absolute Gasteiger partial charge is 0.245 e.